The third-order valence-corrected chi connectivity index (χ3v) is 3.59. The molecule has 0 radical (unpaired) electrons. The zero-order chi connectivity index (χ0) is 13.1. The van der Waals surface area contributed by atoms with Crippen molar-refractivity contribution in [2.75, 3.05) is 12.8 Å². The number of hydrogen-bond donors (Lipinski definition) is 2. The van der Waals surface area contributed by atoms with E-state index in [1.165, 1.54) is 24.3 Å². The molecule has 0 amide bonds. The zero-order valence-corrected chi connectivity index (χ0v) is 10.3. The van der Waals surface area contributed by atoms with Crippen molar-refractivity contribution in [3.63, 3.8) is 0 Å². The highest BCUT2D eigenvalue weighted by Gasteiger charge is 2.19. The molecule has 0 aromatic heterocycles. The van der Waals surface area contributed by atoms with Gasteiger partial charge in [-0.15, -0.1) is 0 Å². The smallest absolute Gasteiger partial charge is 0.311 e. The Morgan fingerprint density at radius 2 is 1.88 bits per heavy atom. The number of nitrogens with two attached hydrogens (primary N) is 1. The van der Waals surface area contributed by atoms with Gasteiger partial charge in [0.1, 0.15) is 0 Å². The lowest BCUT2D eigenvalue weighted by Crippen LogP contribution is -2.16. The fourth-order valence-corrected chi connectivity index (χ4v) is 2.18. The van der Waals surface area contributed by atoms with Crippen molar-refractivity contribution in [2.45, 2.75) is 17.2 Å². The average Bonchev–Trinajstić information content (AvgIpc) is 2.24. The minimum atomic E-state index is -3.25. The van der Waals surface area contributed by atoms with Crippen molar-refractivity contribution < 1.29 is 18.3 Å². The van der Waals surface area contributed by atoms with Crippen LogP contribution in [0.3, 0.4) is 0 Å². The number of rotatable bonds is 5. The number of aliphatic carboxylic acids is 1. The highest BCUT2D eigenvalue weighted by Crippen LogP contribution is 2.21. The molecule has 5 nitrogen and oxygen atoms in total. The average molecular weight is 257 g/mol. The molecule has 0 aliphatic rings. The van der Waals surface area contributed by atoms with E-state index < -0.39 is 21.7 Å². The Morgan fingerprint density at radius 1 is 1.35 bits per heavy atom. The lowest BCUT2D eigenvalue weighted by molar-refractivity contribution is -0.138. The summed E-state index contributed by atoms with van der Waals surface area (Å²) in [5.74, 6) is -1.64. The predicted octanol–water partition coefficient (Wildman–Crippen LogP) is 0.607. The van der Waals surface area contributed by atoms with Crippen molar-refractivity contribution in [2.24, 2.45) is 5.73 Å². The summed E-state index contributed by atoms with van der Waals surface area (Å²) >= 11 is 0. The van der Waals surface area contributed by atoms with E-state index in [1.54, 1.807) is 0 Å². The number of carboxylic acid groups (broad SMARTS) is 1. The Hall–Kier alpha value is -1.40. The summed E-state index contributed by atoms with van der Waals surface area (Å²) in [5, 5.41) is 9.01. The van der Waals surface area contributed by atoms with Gasteiger partial charge in [-0.3, -0.25) is 4.79 Å². The third kappa shape index (κ3) is 3.54. The van der Waals surface area contributed by atoms with Gasteiger partial charge in [-0.1, -0.05) is 12.1 Å². The minimum absolute atomic E-state index is 0.179. The van der Waals surface area contributed by atoms with Crippen LogP contribution < -0.4 is 5.73 Å². The van der Waals surface area contributed by atoms with Crippen molar-refractivity contribution in [3.05, 3.63) is 29.8 Å². The molecular formula is C11H15NO4S. The molecule has 1 unspecified atom stereocenters. The topological polar surface area (TPSA) is 97.5 Å². The Bertz CT molecular complexity index is 493. The SMILES string of the molecule is CS(=O)(=O)c1ccc(C(CCN)C(=O)O)cc1. The molecule has 17 heavy (non-hydrogen) atoms. The molecule has 1 aromatic carbocycles. The zero-order valence-electron chi connectivity index (χ0n) is 9.46. The first kappa shape index (κ1) is 13.7. The fraction of sp³-hybridized carbons (Fsp3) is 0.364. The van der Waals surface area contributed by atoms with Crippen LogP contribution in [0.25, 0.3) is 0 Å². The van der Waals surface area contributed by atoms with Crippen LogP contribution in [0.4, 0.5) is 0 Å². The monoisotopic (exact) mass is 257 g/mol. The van der Waals surface area contributed by atoms with Crippen molar-refractivity contribution in [3.8, 4) is 0 Å². The van der Waals surface area contributed by atoms with E-state index in [-0.39, 0.29) is 11.4 Å². The van der Waals surface area contributed by atoms with Gasteiger partial charge >= 0.3 is 5.97 Å². The number of sulfone groups is 1. The van der Waals surface area contributed by atoms with E-state index in [1.807, 2.05) is 0 Å². The van der Waals surface area contributed by atoms with Crippen LogP contribution in [-0.4, -0.2) is 32.3 Å². The van der Waals surface area contributed by atoms with Crippen LogP contribution in [-0.2, 0) is 14.6 Å². The highest BCUT2D eigenvalue weighted by atomic mass is 32.2. The van der Waals surface area contributed by atoms with Crippen molar-refractivity contribution in [1.82, 2.24) is 0 Å². The molecule has 94 valence electrons. The maximum atomic E-state index is 11.2. The Labute approximate surface area is 100 Å². The van der Waals surface area contributed by atoms with E-state index in [2.05, 4.69) is 0 Å². The van der Waals surface area contributed by atoms with Gasteiger partial charge in [-0.2, -0.15) is 0 Å². The summed E-state index contributed by atoms with van der Waals surface area (Å²) in [5.41, 5.74) is 5.91. The van der Waals surface area contributed by atoms with Crippen LogP contribution in [0.5, 0.6) is 0 Å². The largest absolute Gasteiger partial charge is 0.481 e. The van der Waals surface area contributed by atoms with Gasteiger partial charge < -0.3 is 10.8 Å². The predicted molar refractivity (Wildman–Crippen MR) is 63.6 cm³/mol. The molecule has 0 heterocycles. The molecule has 1 atom stereocenters. The molecule has 6 heteroatoms. The second kappa shape index (κ2) is 5.29. The fourth-order valence-electron chi connectivity index (χ4n) is 1.55. The quantitative estimate of drug-likeness (QED) is 0.805. The van der Waals surface area contributed by atoms with E-state index in [0.717, 1.165) is 6.26 Å². The molecule has 0 aliphatic heterocycles. The van der Waals surface area contributed by atoms with Crippen LogP contribution in [0, 0.1) is 0 Å². The van der Waals surface area contributed by atoms with Crippen molar-refractivity contribution in [1.29, 1.82) is 0 Å². The van der Waals surface area contributed by atoms with Gasteiger partial charge in [0, 0.05) is 6.26 Å². The molecule has 0 bridgehead atoms. The summed E-state index contributed by atoms with van der Waals surface area (Å²) in [6.07, 6.45) is 1.43. The van der Waals surface area contributed by atoms with Gasteiger partial charge in [0.05, 0.1) is 10.8 Å². The molecule has 3 N–H and O–H groups in total. The summed E-state index contributed by atoms with van der Waals surface area (Å²) in [7, 11) is -3.25. The molecule has 1 aromatic rings. The summed E-state index contributed by atoms with van der Waals surface area (Å²) in [6, 6.07) is 5.86. The van der Waals surface area contributed by atoms with E-state index in [9.17, 15) is 13.2 Å². The molecule has 0 spiro atoms. The van der Waals surface area contributed by atoms with E-state index in [0.29, 0.717) is 12.0 Å². The molecular weight excluding hydrogens is 242 g/mol. The van der Waals surface area contributed by atoms with Crippen molar-refractivity contribution >= 4 is 15.8 Å². The maximum Gasteiger partial charge on any atom is 0.311 e. The number of carboxylic acids is 1. The van der Waals surface area contributed by atoms with Gasteiger partial charge in [0.15, 0.2) is 9.84 Å². The first-order chi connectivity index (χ1) is 7.86. The van der Waals surface area contributed by atoms with Crippen LogP contribution >= 0.6 is 0 Å². The number of carbonyl (C=O) groups is 1. The Morgan fingerprint density at radius 3 is 2.24 bits per heavy atom. The van der Waals surface area contributed by atoms with E-state index >= 15 is 0 Å². The second-order valence-corrected chi connectivity index (χ2v) is 5.83. The molecule has 0 saturated heterocycles. The van der Waals surface area contributed by atoms with E-state index in [4.69, 9.17) is 10.8 Å². The summed E-state index contributed by atoms with van der Waals surface area (Å²) < 4.78 is 22.5. The summed E-state index contributed by atoms with van der Waals surface area (Å²) in [6.45, 7) is 0.269. The lowest BCUT2D eigenvalue weighted by atomic mass is 9.96. The number of hydrogen-bond acceptors (Lipinski definition) is 4. The number of benzene rings is 1. The normalized spacial score (nSPS) is 13.3. The van der Waals surface area contributed by atoms with Gasteiger partial charge in [-0.05, 0) is 30.7 Å². The Balaban J connectivity index is 3.04. The Kier molecular flexibility index (Phi) is 4.25. The summed E-state index contributed by atoms with van der Waals surface area (Å²) in [4.78, 5) is 11.2. The lowest BCUT2D eigenvalue weighted by Gasteiger charge is -2.11. The first-order valence-corrected chi connectivity index (χ1v) is 6.98. The van der Waals surface area contributed by atoms with Crippen LogP contribution in [0.15, 0.2) is 29.2 Å². The maximum absolute atomic E-state index is 11.2. The third-order valence-electron chi connectivity index (χ3n) is 2.46. The minimum Gasteiger partial charge on any atom is -0.481 e. The molecule has 0 aliphatic carbocycles. The molecule has 0 fully saturated rings. The van der Waals surface area contributed by atoms with Gasteiger partial charge in [0.25, 0.3) is 0 Å². The van der Waals surface area contributed by atoms with Gasteiger partial charge in [0.2, 0.25) is 0 Å². The van der Waals surface area contributed by atoms with Gasteiger partial charge in [-0.25, -0.2) is 8.42 Å². The first-order valence-electron chi connectivity index (χ1n) is 5.09. The highest BCUT2D eigenvalue weighted by molar-refractivity contribution is 7.90. The second-order valence-electron chi connectivity index (χ2n) is 3.81. The van der Waals surface area contributed by atoms with Crippen LogP contribution in [0.1, 0.15) is 17.9 Å². The molecule has 1 rings (SSSR count). The standard InChI is InChI=1S/C11H15NO4S/c1-17(15,16)9-4-2-8(3-5-9)10(6-7-12)11(13)14/h2-5,10H,6-7,12H2,1H3,(H,13,14). The van der Waals surface area contributed by atoms with Crippen LogP contribution in [0.2, 0.25) is 0 Å². The molecule has 0 saturated carbocycles.